The summed E-state index contributed by atoms with van der Waals surface area (Å²) in [5.74, 6) is -0.103. The Bertz CT molecular complexity index is 619. The summed E-state index contributed by atoms with van der Waals surface area (Å²) >= 11 is 0. The van der Waals surface area contributed by atoms with E-state index in [4.69, 9.17) is 9.84 Å². The van der Waals surface area contributed by atoms with E-state index in [2.05, 4.69) is 15.1 Å². The average molecular weight is 276 g/mol. The number of morpholine rings is 1. The predicted octanol–water partition coefficient (Wildman–Crippen LogP) is 0.302. The Hall–Kier alpha value is -1.99. The molecule has 1 saturated heterocycles. The van der Waals surface area contributed by atoms with Gasteiger partial charge in [-0.3, -0.25) is 9.30 Å². The summed E-state index contributed by atoms with van der Waals surface area (Å²) in [4.78, 5) is 13.2. The third-order valence-corrected chi connectivity index (χ3v) is 3.48. The molecule has 0 bridgehead atoms. The molecule has 2 aromatic rings. The number of hydrogen-bond acceptors (Lipinski definition) is 5. The number of pyridine rings is 1. The van der Waals surface area contributed by atoms with Gasteiger partial charge in [0.1, 0.15) is 5.82 Å². The number of rotatable bonds is 4. The van der Waals surface area contributed by atoms with Crippen molar-refractivity contribution in [3.8, 4) is 0 Å². The molecule has 0 spiro atoms. The lowest BCUT2D eigenvalue weighted by atomic mass is 10.2. The fourth-order valence-electron chi connectivity index (χ4n) is 2.33. The first-order valence-corrected chi connectivity index (χ1v) is 6.61. The molecule has 0 saturated carbocycles. The standard InChI is InChI=1S/C13H16N4O3/c18-13(19)10-1-4-17-11(14-15-12(17)9-10)2-3-16-5-7-20-8-6-16/h1,4,9H,2-3,5-8H2,(H,18,19). The second-order valence-electron chi connectivity index (χ2n) is 4.77. The highest BCUT2D eigenvalue weighted by molar-refractivity contribution is 5.88. The summed E-state index contributed by atoms with van der Waals surface area (Å²) in [5, 5.41) is 17.1. The Kier molecular flexibility index (Phi) is 3.62. The van der Waals surface area contributed by atoms with Gasteiger partial charge in [-0.25, -0.2) is 4.79 Å². The zero-order valence-electron chi connectivity index (χ0n) is 11.0. The van der Waals surface area contributed by atoms with E-state index in [1.165, 1.54) is 6.07 Å². The fourth-order valence-corrected chi connectivity index (χ4v) is 2.33. The Morgan fingerprint density at radius 3 is 2.90 bits per heavy atom. The molecule has 1 aliphatic rings. The minimum absolute atomic E-state index is 0.227. The smallest absolute Gasteiger partial charge is 0.335 e. The van der Waals surface area contributed by atoms with Crippen LogP contribution in [-0.2, 0) is 11.2 Å². The summed E-state index contributed by atoms with van der Waals surface area (Å²) < 4.78 is 7.15. The SMILES string of the molecule is O=C(O)c1ccn2c(CCN3CCOCC3)nnc2c1. The molecule has 7 heteroatoms. The van der Waals surface area contributed by atoms with Crippen LogP contribution in [0.5, 0.6) is 0 Å². The van der Waals surface area contributed by atoms with Crippen LogP contribution >= 0.6 is 0 Å². The van der Waals surface area contributed by atoms with Gasteiger partial charge in [0.15, 0.2) is 5.65 Å². The highest BCUT2D eigenvalue weighted by atomic mass is 16.5. The van der Waals surface area contributed by atoms with Crippen molar-refractivity contribution in [2.24, 2.45) is 0 Å². The van der Waals surface area contributed by atoms with Crippen molar-refractivity contribution in [3.63, 3.8) is 0 Å². The summed E-state index contributed by atoms with van der Waals surface area (Å²) in [5.41, 5.74) is 0.798. The third kappa shape index (κ3) is 2.63. The molecule has 0 aromatic carbocycles. The number of nitrogens with zero attached hydrogens (tertiary/aromatic N) is 4. The van der Waals surface area contributed by atoms with Crippen LogP contribution in [0.15, 0.2) is 18.3 Å². The minimum atomic E-state index is -0.953. The molecular formula is C13H16N4O3. The van der Waals surface area contributed by atoms with Gasteiger partial charge in [0.25, 0.3) is 0 Å². The van der Waals surface area contributed by atoms with Crippen LogP contribution in [0.4, 0.5) is 0 Å². The number of ether oxygens (including phenoxy) is 1. The van der Waals surface area contributed by atoms with Gasteiger partial charge in [-0.2, -0.15) is 0 Å². The lowest BCUT2D eigenvalue weighted by Crippen LogP contribution is -2.37. The van der Waals surface area contributed by atoms with Crippen molar-refractivity contribution in [3.05, 3.63) is 29.7 Å². The largest absolute Gasteiger partial charge is 0.478 e. The number of hydrogen-bond donors (Lipinski definition) is 1. The molecule has 1 N–H and O–H groups in total. The fraction of sp³-hybridized carbons (Fsp3) is 0.462. The molecule has 7 nitrogen and oxygen atoms in total. The predicted molar refractivity (Wildman–Crippen MR) is 70.9 cm³/mol. The van der Waals surface area contributed by atoms with Crippen molar-refractivity contribution in [2.75, 3.05) is 32.8 Å². The Labute approximate surface area is 115 Å². The van der Waals surface area contributed by atoms with E-state index >= 15 is 0 Å². The lowest BCUT2D eigenvalue weighted by molar-refractivity contribution is 0.0382. The van der Waals surface area contributed by atoms with Crippen molar-refractivity contribution >= 4 is 11.6 Å². The minimum Gasteiger partial charge on any atom is -0.478 e. The lowest BCUT2D eigenvalue weighted by Gasteiger charge is -2.26. The van der Waals surface area contributed by atoms with Gasteiger partial charge < -0.3 is 9.84 Å². The van der Waals surface area contributed by atoms with E-state index in [9.17, 15) is 4.79 Å². The van der Waals surface area contributed by atoms with Crippen LogP contribution in [0.3, 0.4) is 0 Å². The number of aromatic nitrogens is 3. The molecule has 3 heterocycles. The second kappa shape index (κ2) is 5.56. The van der Waals surface area contributed by atoms with Crippen LogP contribution in [0.1, 0.15) is 16.2 Å². The maximum atomic E-state index is 10.9. The first-order chi connectivity index (χ1) is 9.74. The molecule has 2 aromatic heterocycles. The van der Waals surface area contributed by atoms with Gasteiger partial charge in [0.05, 0.1) is 18.8 Å². The van der Waals surface area contributed by atoms with Gasteiger partial charge in [0.2, 0.25) is 0 Å². The second-order valence-corrected chi connectivity index (χ2v) is 4.77. The summed E-state index contributed by atoms with van der Waals surface area (Å²) in [6.45, 7) is 4.36. The van der Waals surface area contributed by atoms with Crippen molar-refractivity contribution in [1.82, 2.24) is 19.5 Å². The molecule has 1 aliphatic heterocycles. The van der Waals surface area contributed by atoms with Gasteiger partial charge in [-0.05, 0) is 12.1 Å². The quantitative estimate of drug-likeness (QED) is 0.865. The van der Waals surface area contributed by atoms with Crippen LogP contribution < -0.4 is 0 Å². The molecule has 0 amide bonds. The molecule has 0 atom stereocenters. The van der Waals surface area contributed by atoms with Gasteiger partial charge in [-0.1, -0.05) is 0 Å². The maximum Gasteiger partial charge on any atom is 0.335 e. The van der Waals surface area contributed by atoms with Crippen molar-refractivity contribution in [2.45, 2.75) is 6.42 Å². The molecule has 0 unspecified atom stereocenters. The van der Waals surface area contributed by atoms with Crippen molar-refractivity contribution in [1.29, 1.82) is 0 Å². The van der Waals surface area contributed by atoms with Crippen LogP contribution in [-0.4, -0.2) is 63.4 Å². The molecular weight excluding hydrogens is 260 g/mol. The number of fused-ring (bicyclic) bond motifs is 1. The summed E-state index contributed by atoms with van der Waals surface area (Å²) in [7, 11) is 0. The van der Waals surface area contributed by atoms with Crippen LogP contribution in [0.2, 0.25) is 0 Å². The normalized spacial score (nSPS) is 16.6. The Balaban J connectivity index is 1.73. The zero-order chi connectivity index (χ0) is 13.9. The van der Waals surface area contributed by atoms with Crippen molar-refractivity contribution < 1.29 is 14.6 Å². The highest BCUT2D eigenvalue weighted by Crippen LogP contribution is 2.09. The van der Waals surface area contributed by atoms with Crippen LogP contribution in [0, 0.1) is 0 Å². The number of aromatic carboxylic acids is 1. The van der Waals surface area contributed by atoms with E-state index < -0.39 is 5.97 Å². The first kappa shape index (κ1) is 13.0. The summed E-state index contributed by atoms with van der Waals surface area (Å²) in [6.07, 6.45) is 2.50. The highest BCUT2D eigenvalue weighted by Gasteiger charge is 2.13. The van der Waals surface area contributed by atoms with E-state index in [-0.39, 0.29) is 5.56 Å². The average Bonchev–Trinajstić information content (AvgIpc) is 2.88. The maximum absolute atomic E-state index is 10.9. The van der Waals surface area contributed by atoms with E-state index in [0.717, 1.165) is 45.1 Å². The molecule has 3 rings (SSSR count). The zero-order valence-corrected chi connectivity index (χ0v) is 11.0. The molecule has 0 radical (unpaired) electrons. The monoisotopic (exact) mass is 276 g/mol. The molecule has 106 valence electrons. The topological polar surface area (TPSA) is 80.0 Å². The van der Waals surface area contributed by atoms with Gasteiger partial charge >= 0.3 is 5.97 Å². The van der Waals surface area contributed by atoms with Crippen LogP contribution in [0.25, 0.3) is 5.65 Å². The number of carboxylic acids is 1. The molecule has 1 fully saturated rings. The molecule has 0 aliphatic carbocycles. The van der Waals surface area contributed by atoms with Gasteiger partial charge in [0, 0.05) is 32.3 Å². The third-order valence-electron chi connectivity index (χ3n) is 3.48. The molecule has 20 heavy (non-hydrogen) atoms. The summed E-state index contributed by atoms with van der Waals surface area (Å²) in [6, 6.07) is 3.10. The number of carbonyl (C=O) groups is 1. The first-order valence-electron chi connectivity index (χ1n) is 6.61. The Morgan fingerprint density at radius 1 is 1.35 bits per heavy atom. The number of carboxylic acid groups (broad SMARTS) is 1. The Morgan fingerprint density at radius 2 is 2.15 bits per heavy atom. The van der Waals surface area contributed by atoms with Gasteiger partial charge in [-0.15, -0.1) is 10.2 Å². The van der Waals surface area contributed by atoms with E-state index in [0.29, 0.717) is 5.65 Å². The van der Waals surface area contributed by atoms with E-state index in [1.54, 1.807) is 12.3 Å². The van der Waals surface area contributed by atoms with E-state index in [1.807, 2.05) is 4.40 Å².